The SMILES string of the molecule is O=[N+]([O-])c1ccc(NCC(F)(F)F)c(I)c1. The van der Waals surface area contributed by atoms with Crippen LogP contribution >= 0.6 is 22.6 Å². The Kier molecular flexibility index (Phi) is 3.94. The third-order valence-corrected chi connectivity index (χ3v) is 2.54. The van der Waals surface area contributed by atoms with E-state index in [4.69, 9.17) is 0 Å². The van der Waals surface area contributed by atoms with E-state index in [0.717, 1.165) is 6.07 Å². The number of nitrogens with one attached hydrogen (secondary N) is 1. The van der Waals surface area contributed by atoms with Gasteiger partial charge in [0.1, 0.15) is 6.54 Å². The zero-order valence-electron chi connectivity index (χ0n) is 7.71. The molecule has 8 heteroatoms. The standard InChI is InChI=1S/C8H6F3IN2O2/c9-8(10,11)4-13-7-2-1-5(14(15)16)3-6(7)12/h1-3,13H,4H2. The molecule has 0 atom stereocenters. The zero-order valence-corrected chi connectivity index (χ0v) is 9.87. The summed E-state index contributed by atoms with van der Waals surface area (Å²) in [5.41, 5.74) is 0.0745. The second-order valence-electron chi connectivity index (χ2n) is 2.89. The Balaban J connectivity index is 2.80. The van der Waals surface area contributed by atoms with E-state index in [0.29, 0.717) is 3.57 Å². The molecule has 0 bridgehead atoms. The van der Waals surface area contributed by atoms with Crippen LogP contribution in [0.15, 0.2) is 18.2 Å². The minimum Gasteiger partial charge on any atom is -0.376 e. The van der Waals surface area contributed by atoms with E-state index in [1.807, 2.05) is 0 Å². The number of halogens is 4. The van der Waals surface area contributed by atoms with Gasteiger partial charge in [0, 0.05) is 21.4 Å². The molecule has 0 radical (unpaired) electrons. The van der Waals surface area contributed by atoms with Crippen LogP contribution in [0.5, 0.6) is 0 Å². The summed E-state index contributed by atoms with van der Waals surface area (Å²) in [4.78, 5) is 9.78. The van der Waals surface area contributed by atoms with Crippen molar-refractivity contribution in [1.82, 2.24) is 0 Å². The van der Waals surface area contributed by atoms with E-state index in [9.17, 15) is 23.3 Å². The first-order chi connectivity index (χ1) is 7.29. The predicted octanol–water partition coefficient (Wildman–Crippen LogP) is 3.17. The largest absolute Gasteiger partial charge is 0.405 e. The number of nitro groups is 1. The molecule has 0 heterocycles. The van der Waals surface area contributed by atoms with Gasteiger partial charge in [0.15, 0.2) is 0 Å². The van der Waals surface area contributed by atoms with Crippen LogP contribution in [0.1, 0.15) is 0 Å². The molecule has 0 aliphatic heterocycles. The second kappa shape index (κ2) is 4.85. The first-order valence-corrected chi connectivity index (χ1v) is 5.12. The Bertz CT molecular complexity index is 409. The number of non-ortho nitro benzene ring substituents is 1. The molecule has 1 rings (SSSR count). The topological polar surface area (TPSA) is 55.2 Å². The van der Waals surface area contributed by atoms with Gasteiger partial charge in [0.05, 0.1) is 4.92 Å². The quantitative estimate of drug-likeness (QED) is 0.520. The first kappa shape index (κ1) is 13.0. The van der Waals surface area contributed by atoms with E-state index >= 15 is 0 Å². The summed E-state index contributed by atoms with van der Waals surface area (Å²) in [5.74, 6) is 0. The van der Waals surface area contributed by atoms with E-state index in [1.165, 1.54) is 12.1 Å². The summed E-state index contributed by atoms with van der Waals surface area (Å²) in [5, 5.41) is 12.5. The lowest BCUT2D eigenvalue weighted by Crippen LogP contribution is -2.21. The normalized spacial score (nSPS) is 11.2. The van der Waals surface area contributed by atoms with Crippen molar-refractivity contribution < 1.29 is 18.1 Å². The van der Waals surface area contributed by atoms with Gasteiger partial charge in [-0.2, -0.15) is 13.2 Å². The summed E-state index contributed by atoms with van der Waals surface area (Å²) < 4.78 is 36.1. The number of hydrogen-bond donors (Lipinski definition) is 1. The number of anilines is 1. The van der Waals surface area contributed by atoms with Crippen LogP contribution in [0.2, 0.25) is 0 Å². The van der Waals surface area contributed by atoms with Crippen LogP contribution < -0.4 is 5.32 Å². The van der Waals surface area contributed by atoms with Gasteiger partial charge in [-0.25, -0.2) is 0 Å². The van der Waals surface area contributed by atoms with Crippen molar-refractivity contribution in [2.45, 2.75) is 6.18 Å². The van der Waals surface area contributed by atoms with Crippen LogP contribution in [0.25, 0.3) is 0 Å². The third-order valence-electron chi connectivity index (χ3n) is 1.64. The summed E-state index contributed by atoms with van der Waals surface area (Å²) in [6.07, 6.45) is -4.31. The molecule has 16 heavy (non-hydrogen) atoms. The minimum absolute atomic E-state index is 0.151. The summed E-state index contributed by atoms with van der Waals surface area (Å²) in [7, 11) is 0. The molecule has 1 N–H and O–H groups in total. The van der Waals surface area contributed by atoms with Crippen LogP contribution in [0, 0.1) is 13.7 Å². The molecule has 4 nitrogen and oxygen atoms in total. The Hall–Kier alpha value is -1.06. The van der Waals surface area contributed by atoms with Crippen molar-refractivity contribution in [3.05, 3.63) is 31.9 Å². The van der Waals surface area contributed by atoms with Crippen molar-refractivity contribution in [3.63, 3.8) is 0 Å². The predicted molar refractivity (Wildman–Crippen MR) is 60.4 cm³/mol. The third kappa shape index (κ3) is 3.83. The van der Waals surface area contributed by atoms with Crippen LogP contribution in [-0.2, 0) is 0 Å². The summed E-state index contributed by atoms with van der Waals surface area (Å²) in [6, 6.07) is 3.62. The van der Waals surface area contributed by atoms with Crippen molar-refractivity contribution in [2.75, 3.05) is 11.9 Å². The number of nitro benzene ring substituents is 1. The average molecular weight is 346 g/mol. The van der Waals surface area contributed by atoms with Gasteiger partial charge in [0.25, 0.3) is 5.69 Å². The van der Waals surface area contributed by atoms with E-state index in [2.05, 4.69) is 5.32 Å². The van der Waals surface area contributed by atoms with Gasteiger partial charge in [-0.05, 0) is 28.7 Å². The maximum absolute atomic E-state index is 11.9. The molecule has 1 aromatic carbocycles. The molecule has 0 amide bonds. The fraction of sp³-hybridized carbons (Fsp3) is 0.250. The average Bonchev–Trinajstić information content (AvgIpc) is 2.14. The Labute approximate surface area is 102 Å². The molecular weight excluding hydrogens is 340 g/mol. The van der Waals surface area contributed by atoms with Gasteiger partial charge in [-0.1, -0.05) is 0 Å². The maximum Gasteiger partial charge on any atom is 0.405 e. The van der Waals surface area contributed by atoms with Gasteiger partial charge < -0.3 is 5.32 Å². The van der Waals surface area contributed by atoms with E-state index < -0.39 is 17.6 Å². The number of rotatable bonds is 3. The van der Waals surface area contributed by atoms with Gasteiger partial charge in [0.2, 0.25) is 0 Å². The summed E-state index contributed by atoms with van der Waals surface area (Å²) in [6.45, 7) is -1.17. The van der Waals surface area contributed by atoms with E-state index in [-0.39, 0.29) is 11.4 Å². The Morgan fingerprint density at radius 1 is 1.44 bits per heavy atom. The molecule has 0 unspecified atom stereocenters. The lowest BCUT2D eigenvalue weighted by Gasteiger charge is -2.10. The fourth-order valence-corrected chi connectivity index (χ4v) is 1.65. The number of alkyl halides is 3. The Morgan fingerprint density at radius 3 is 2.50 bits per heavy atom. The number of benzene rings is 1. The van der Waals surface area contributed by atoms with Gasteiger partial charge in [-0.3, -0.25) is 10.1 Å². The lowest BCUT2D eigenvalue weighted by molar-refractivity contribution is -0.384. The molecular formula is C8H6F3IN2O2. The minimum atomic E-state index is -4.31. The molecule has 0 aliphatic carbocycles. The highest BCUT2D eigenvalue weighted by Gasteiger charge is 2.27. The van der Waals surface area contributed by atoms with Gasteiger partial charge >= 0.3 is 6.18 Å². The molecule has 0 aromatic heterocycles. The summed E-state index contributed by atoms with van der Waals surface area (Å²) >= 11 is 1.74. The maximum atomic E-state index is 11.9. The highest BCUT2D eigenvalue weighted by atomic mass is 127. The Morgan fingerprint density at radius 2 is 2.06 bits per heavy atom. The monoisotopic (exact) mass is 346 g/mol. The second-order valence-corrected chi connectivity index (χ2v) is 4.05. The van der Waals surface area contributed by atoms with Crippen molar-refractivity contribution >= 4 is 34.0 Å². The molecule has 0 spiro atoms. The highest BCUT2D eigenvalue weighted by Crippen LogP contribution is 2.25. The van der Waals surface area contributed by atoms with Gasteiger partial charge in [-0.15, -0.1) is 0 Å². The van der Waals surface area contributed by atoms with Crippen LogP contribution in [0.3, 0.4) is 0 Å². The smallest absolute Gasteiger partial charge is 0.376 e. The molecule has 0 aliphatic rings. The van der Waals surface area contributed by atoms with Crippen molar-refractivity contribution in [3.8, 4) is 0 Å². The highest BCUT2D eigenvalue weighted by molar-refractivity contribution is 14.1. The van der Waals surface area contributed by atoms with Crippen molar-refractivity contribution in [2.24, 2.45) is 0 Å². The zero-order chi connectivity index (χ0) is 12.3. The molecule has 1 aromatic rings. The lowest BCUT2D eigenvalue weighted by atomic mass is 10.3. The first-order valence-electron chi connectivity index (χ1n) is 4.04. The van der Waals surface area contributed by atoms with Crippen molar-refractivity contribution in [1.29, 1.82) is 0 Å². The van der Waals surface area contributed by atoms with Crippen LogP contribution in [-0.4, -0.2) is 17.6 Å². The van der Waals surface area contributed by atoms with Crippen LogP contribution in [0.4, 0.5) is 24.5 Å². The molecule has 0 saturated heterocycles. The number of hydrogen-bond acceptors (Lipinski definition) is 3. The molecule has 0 saturated carbocycles. The molecule has 0 fully saturated rings. The van der Waals surface area contributed by atoms with E-state index in [1.54, 1.807) is 22.6 Å². The fourth-order valence-electron chi connectivity index (χ4n) is 0.956. The molecule has 88 valence electrons. The number of nitrogens with zero attached hydrogens (tertiary/aromatic N) is 1.